The standard InChI is InChI=1S/C23H23Cl2NS/c24-21-12-20(13-22(25)23(21)26-14-27)19-9-7-18(8-10-19)17-5-3-16(4-6-17)11-15-1-2-15/h7-10,12-13,15-17H,1-6,11H2. The average Bonchev–Trinajstić information content (AvgIpc) is 3.49. The van der Waals surface area contributed by atoms with E-state index in [0.717, 1.165) is 23.0 Å². The van der Waals surface area contributed by atoms with Crippen molar-refractivity contribution in [2.75, 3.05) is 0 Å². The first kappa shape index (κ1) is 19.2. The van der Waals surface area contributed by atoms with Crippen LogP contribution < -0.4 is 0 Å². The van der Waals surface area contributed by atoms with Crippen LogP contribution in [0.1, 0.15) is 56.4 Å². The molecule has 0 spiro atoms. The largest absolute Gasteiger partial charge is 0.192 e. The predicted molar refractivity (Wildman–Crippen MR) is 119 cm³/mol. The van der Waals surface area contributed by atoms with E-state index in [1.165, 1.54) is 50.5 Å². The highest BCUT2D eigenvalue weighted by atomic mass is 35.5. The molecule has 0 radical (unpaired) electrons. The topological polar surface area (TPSA) is 12.4 Å². The molecule has 2 saturated carbocycles. The predicted octanol–water partition coefficient (Wildman–Crippen LogP) is 8.47. The number of rotatable bonds is 5. The van der Waals surface area contributed by atoms with Crippen LogP contribution in [0.3, 0.4) is 0 Å². The molecule has 4 heteroatoms. The van der Waals surface area contributed by atoms with Crippen molar-refractivity contribution in [3.05, 3.63) is 52.0 Å². The van der Waals surface area contributed by atoms with E-state index >= 15 is 0 Å². The highest BCUT2D eigenvalue weighted by Gasteiger charge is 2.29. The lowest BCUT2D eigenvalue weighted by atomic mass is 9.77. The Bertz CT molecular complexity index is 835. The van der Waals surface area contributed by atoms with Crippen molar-refractivity contribution in [2.24, 2.45) is 16.8 Å². The maximum absolute atomic E-state index is 6.31. The first-order chi connectivity index (χ1) is 13.1. The first-order valence-electron chi connectivity index (χ1n) is 9.81. The summed E-state index contributed by atoms with van der Waals surface area (Å²) in [5.74, 6) is 2.75. The number of benzene rings is 2. The van der Waals surface area contributed by atoms with Gasteiger partial charge in [0.05, 0.1) is 15.2 Å². The first-order valence-corrected chi connectivity index (χ1v) is 11.0. The zero-order chi connectivity index (χ0) is 18.8. The second kappa shape index (κ2) is 8.45. The van der Waals surface area contributed by atoms with Gasteiger partial charge in [-0.15, -0.1) is 0 Å². The van der Waals surface area contributed by atoms with E-state index in [1.54, 1.807) is 0 Å². The summed E-state index contributed by atoms with van der Waals surface area (Å²) in [6.07, 6.45) is 9.91. The van der Waals surface area contributed by atoms with Crippen molar-refractivity contribution in [2.45, 2.75) is 50.9 Å². The third-order valence-electron chi connectivity index (χ3n) is 6.10. The van der Waals surface area contributed by atoms with Gasteiger partial charge >= 0.3 is 0 Å². The molecule has 2 fully saturated rings. The van der Waals surface area contributed by atoms with E-state index in [1.807, 2.05) is 12.1 Å². The van der Waals surface area contributed by atoms with E-state index < -0.39 is 0 Å². The number of halogens is 2. The molecule has 0 bridgehead atoms. The highest BCUT2D eigenvalue weighted by molar-refractivity contribution is 7.78. The number of thiocarbonyl (C=S) groups is 1. The third-order valence-corrected chi connectivity index (χ3v) is 6.77. The number of isothiocyanates is 1. The summed E-state index contributed by atoms with van der Waals surface area (Å²) in [6.45, 7) is 0. The van der Waals surface area contributed by atoms with Crippen LogP contribution in [-0.2, 0) is 0 Å². The zero-order valence-electron chi connectivity index (χ0n) is 15.3. The normalized spacial score (nSPS) is 22.3. The molecule has 2 aromatic carbocycles. The minimum Gasteiger partial charge on any atom is -0.192 e. The molecule has 1 nitrogen and oxygen atoms in total. The van der Waals surface area contributed by atoms with Crippen LogP contribution in [0.25, 0.3) is 11.1 Å². The number of hydrogen-bond donors (Lipinski definition) is 0. The van der Waals surface area contributed by atoms with Gasteiger partial charge in [0.25, 0.3) is 0 Å². The third kappa shape index (κ3) is 4.63. The van der Waals surface area contributed by atoms with E-state index in [4.69, 9.17) is 23.2 Å². The maximum Gasteiger partial charge on any atom is 0.111 e. The molecule has 0 N–H and O–H groups in total. The van der Waals surface area contributed by atoms with E-state index in [-0.39, 0.29) is 0 Å². The Balaban J connectivity index is 1.45. The second-order valence-electron chi connectivity index (χ2n) is 8.01. The molecule has 4 rings (SSSR count). The molecule has 0 aliphatic heterocycles. The van der Waals surface area contributed by atoms with Crippen LogP contribution in [0, 0.1) is 11.8 Å². The van der Waals surface area contributed by atoms with Crippen LogP contribution >= 0.6 is 35.4 Å². The van der Waals surface area contributed by atoms with Crippen molar-refractivity contribution in [3.63, 3.8) is 0 Å². The quantitative estimate of drug-likeness (QED) is 0.352. The van der Waals surface area contributed by atoms with E-state index in [2.05, 4.69) is 46.6 Å². The SMILES string of the molecule is S=C=Nc1c(Cl)cc(-c2ccc(C3CCC(CC4CC4)CC3)cc2)cc1Cl. The molecule has 27 heavy (non-hydrogen) atoms. The van der Waals surface area contributed by atoms with Gasteiger partial charge in [-0.2, -0.15) is 4.99 Å². The summed E-state index contributed by atoms with van der Waals surface area (Å²) in [4.78, 5) is 3.94. The molecule has 0 heterocycles. The van der Waals surface area contributed by atoms with Crippen LogP contribution in [0.15, 0.2) is 41.4 Å². The lowest BCUT2D eigenvalue weighted by Gasteiger charge is -2.29. The average molecular weight is 416 g/mol. The Hall–Kier alpha value is -1.18. The Kier molecular flexibility index (Phi) is 5.99. The molecule has 140 valence electrons. The number of aliphatic imine (C=N–C) groups is 1. The van der Waals surface area contributed by atoms with Crippen molar-refractivity contribution in [3.8, 4) is 11.1 Å². The smallest absolute Gasteiger partial charge is 0.111 e. The van der Waals surface area contributed by atoms with Gasteiger partial charge in [-0.3, -0.25) is 0 Å². The molecular formula is C23H23Cl2NS. The molecule has 0 saturated heterocycles. The molecular weight excluding hydrogens is 393 g/mol. The minimum atomic E-state index is 0.483. The Labute approximate surface area is 176 Å². The van der Waals surface area contributed by atoms with Crippen LogP contribution in [0.2, 0.25) is 10.0 Å². The van der Waals surface area contributed by atoms with Gasteiger partial charge in [0.2, 0.25) is 0 Å². The maximum atomic E-state index is 6.31. The molecule has 0 amide bonds. The van der Waals surface area contributed by atoms with Crippen molar-refractivity contribution >= 4 is 46.3 Å². The fraction of sp³-hybridized carbons (Fsp3) is 0.435. The molecule has 0 unspecified atom stereocenters. The van der Waals surface area contributed by atoms with Crippen molar-refractivity contribution < 1.29 is 0 Å². The lowest BCUT2D eigenvalue weighted by molar-refractivity contribution is 0.299. The number of nitrogens with zero attached hydrogens (tertiary/aromatic N) is 1. The molecule has 2 aliphatic rings. The van der Waals surface area contributed by atoms with Gasteiger partial charge in [-0.25, -0.2) is 0 Å². The van der Waals surface area contributed by atoms with Crippen molar-refractivity contribution in [1.82, 2.24) is 0 Å². The van der Waals surface area contributed by atoms with Gasteiger partial charge in [-0.05, 0) is 90.9 Å². The van der Waals surface area contributed by atoms with Gasteiger partial charge in [0.15, 0.2) is 0 Å². The van der Waals surface area contributed by atoms with Crippen molar-refractivity contribution in [1.29, 1.82) is 0 Å². The number of hydrogen-bond acceptors (Lipinski definition) is 2. The summed E-state index contributed by atoms with van der Waals surface area (Å²) in [5.41, 5.74) is 4.05. The summed E-state index contributed by atoms with van der Waals surface area (Å²) in [7, 11) is 0. The van der Waals surface area contributed by atoms with E-state index in [9.17, 15) is 0 Å². The fourth-order valence-corrected chi connectivity index (χ4v) is 5.05. The Morgan fingerprint density at radius 1 is 0.852 bits per heavy atom. The van der Waals surface area contributed by atoms with Gasteiger partial charge in [0.1, 0.15) is 5.69 Å². The summed E-state index contributed by atoms with van der Waals surface area (Å²) < 4.78 is 0. The summed E-state index contributed by atoms with van der Waals surface area (Å²) in [6, 6.07) is 12.7. The fourth-order valence-electron chi connectivity index (χ4n) is 4.39. The van der Waals surface area contributed by atoms with Crippen LogP contribution in [-0.4, -0.2) is 5.16 Å². The van der Waals surface area contributed by atoms with E-state index in [0.29, 0.717) is 21.7 Å². The molecule has 0 atom stereocenters. The van der Waals surface area contributed by atoms with Crippen LogP contribution in [0.5, 0.6) is 0 Å². The Morgan fingerprint density at radius 3 is 1.93 bits per heavy atom. The Morgan fingerprint density at radius 2 is 1.41 bits per heavy atom. The van der Waals surface area contributed by atoms with Gasteiger partial charge < -0.3 is 0 Å². The zero-order valence-corrected chi connectivity index (χ0v) is 17.6. The second-order valence-corrected chi connectivity index (χ2v) is 9.01. The molecule has 2 aromatic rings. The highest BCUT2D eigenvalue weighted by Crippen LogP contribution is 2.43. The summed E-state index contributed by atoms with van der Waals surface area (Å²) in [5, 5.41) is 3.31. The molecule has 2 aliphatic carbocycles. The summed E-state index contributed by atoms with van der Waals surface area (Å²) >= 11 is 17.3. The lowest BCUT2D eigenvalue weighted by Crippen LogP contribution is -2.13. The van der Waals surface area contributed by atoms with Gasteiger partial charge in [-0.1, -0.05) is 60.3 Å². The molecule has 0 aromatic heterocycles. The van der Waals surface area contributed by atoms with Gasteiger partial charge in [0, 0.05) is 0 Å². The monoisotopic (exact) mass is 415 g/mol. The minimum absolute atomic E-state index is 0.483. The van der Waals surface area contributed by atoms with Crippen LogP contribution in [0.4, 0.5) is 5.69 Å².